The van der Waals surface area contributed by atoms with E-state index in [9.17, 15) is 4.79 Å². The minimum atomic E-state index is 0.207. The minimum absolute atomic E-state index is 0.207. The summed E-state index contributed by atoms with van der Waals surface area (Å²) in [4.78, 5) is 19.1. The Bertz CT molecular complexity index is 1340. The number of nitrogens with zero attached hydrogens (tertiary/aromatic N) is 4. The molecule has 0 radical (unpaired) electrons. The van der Waals surface area contributed by atoms with Crippen molar-refractivity contribution in [1.82, 2.24) is 19.6 Å². The van der Waals surface area contributed by atoms with Crippen molar-refractivity contribution in [3.05, 3.63) is 99.5 Å². The summed E-state index contributed by atoms with van der Waals surface area (Å²) < 4.78 is 7.44. The highest BCUT2D eigenvalue weighted by atomic mass is 32.1. The number of aromatic nitrogens is 2. The van der Waals surface area contributed by atoms with Crippen LogP contribution in [0.5, 0.6) is 5.75 Å². The zero-order valence-electron chi connectivity index (χ0n) is 21.2. The second-order valence-electron chi connectivity index (χ2n) is 9.94. The fourth-order valence-electron chi connectivity index (χ4n) is 5.21. The molecule has 0 saturated heterocycles. The molecule has 0 atom stereocenters. The van der Waals surface area contributed by atoms with Crippen LogP contribution in [0.2, 0.25) is 0 Å². The number of para-hydroxylation sites is 1. The van der Waals surface area contributed by atoms with Gasteiger partial charge in [0.2, 0.25) is 5.91 Å². The van der Waals surface area contributed by atoms with Gasteiger partial charge in [-0.1, -0.05) is 36.4 Å². The van der Waals surface area contributed by atoms with Gasteiger partial charge in [0.1, 0.15) is 5.75 Å². The smallest absolute Gasteiger partial charge is 0.228 e. The Morgan fingerprint density at radius 1 is 1.08 bits per heavy atom. The van der Waals surface area contributed by atoms with Gasteiger partial charge in [-0.15, -0.1) is 11.3 Å². The summed E-state index contributed by atoms with van der Waals surface area (Å²) in [6.45, 7) is 3.26. The molecular formula is C30H32N4O2S. The largest absolute Gasteiger partial charge is 0.497 e. The Balaban J connectivity index is 1.28. The molecule has 0 unspecified atom stereocenters. The van der Waals surface area contributed by atoms with Crippen LogP contribution in [-0.4, -0.2) is 45.2 Å². The second kappa shape index (κ2) is 10.5. The maximum absolute atomic E-state index is 13.4. The van der Waals surface area contributed by atoms with Crippen LogP contribution in [0.15, 0.2) is 72.1 Å². The Morgan fingerprint density at radius 3 is 2.59 bits per heavy atom. The van der Waals surface area contributed by atoms with Crippen molar-refractivity contribution in [3.63, 3.8) is 0 Å². The molecule has 0 N–H and O–H groups in total. The van der Waals surface area contributed by atoms with E-state index in [1.165, 1.54) is 16.8 Å². The number of carbonyl (C=O) groups excluding carboxylic acids is 1. The SMILES string of the molecule is COc1ccc(CN2CCc3c(c(CN(C(=O)Cc4cccs4)C4CC4)nn3-c3ccccc3)C2)cc1. The van der Waals surface area contributed by atoms with Crippen molar-refractivity contribution in [2.45, 2.75) is 51.4 Å². The molecule has 2 aromatic heterocycles. The highest BCUT2D eigenvalue weighted by molar-refractivity contribution is 7.10. The summed E-state index contributed by atoms with van der Waals surface area (Å²) in [5, 5.41) is 7.18. The van der Waals surface area contributed by atoms with Gasteiger partial charge in [0, 0.05) is 42.5 Å². The molecule has 1 amide bonds. The highest BCUT2D eigenvalue weighted by Crippen LogP contribution is 2.32. The summed E-state index contributed by atoms with van der Waals surface area (Å²) in [5.74, 6) is 1.09. The van der Waals surface area contributed by atoms with Crippen molar-refractivity contribution in [1.29, 1.82) is 0 Å². The van der Waals surface area contributed by atoms with Crippen molar-refractivity contribution in [2.75, 3.05) is 13.7 Å². The maximum Gasteiger partial charge on any atom is 0.228 e. The van der Waals surface area contributed by atoms with Crippen molar-refractivity contribution in [2.24, 2.45) is 0 Å². The number of hydrogen-bond donors (Lipinski definition) is 0. The third kappa shape index (κ3) is 5.33. The first-order valence-corrected chi connectivity index (χ1v) is 13.9. The lowest BCUT2D eigenvalue weighted by Crippen LogP contribution is -2.35. The molecule has 37 heavy (non-hydrogen) atoms. The van der Waals surface area contributed by atoms with E-state index in [0.29, 0.717) is 19.0 Å². The number of amides is 1. The Morgan fingerprint density at radius 2 is 1.89 bits per heavy atom. The van der Waals surface area contributed by atoms with E-state index >= 15 is 0 Å². The predicted octanol–water partition coefficient (Wildman–Crippen LogP) is 5.23. The summed E-state index contributed by atoms with van der Waals surface area (Å²) in [5.41, 5.74) is 5.93. The van der Waals surface area contributed by atoms with E-state index in [2.05, 4.69) is 56.9 Å². The van der Waals surface area contributed by atoms with Crippen molar-refractivity contribution < 1.29 is 9.53 Å². The molecule has 1 fully saturated rings. The average molecular weight is 513 g/mol. The summed E-state index contributed by atoms with van der Waals surface area (Å²) in [6.07, 6.45) is 3.57. The maximum atomic E-state index is 13.4. The molecule has 6 rings (SSSR count). The van der Waals surface area contributed by atoms with Gasteiger partial charge in [0.15, 0.2) is 0 Å². The molecule has 1 saturated carbocycles. The number of carbonyl (C=O) groups is 1. The molecule has 7 heteroatoms. The molecule has 1 aliphatic carbocycles. The number of fused-ring (bicyclic) bond motifs is 1. The fraction of sp³-hybridized carbons (Fsp3) is 0.333. The molecule has 2 aliphatic rings. The van der Waals surface area contributed by atoms with E-state index in [4.69, 9.17) is 9.84 Å². The van der Waals surface area contributed by atoms with E-state index in [1.807, 2.05) is 29.6 Å². The van der Waals surface area contributed by atoms with Gasteiger partial charge in [-0.25, -0.2) is 4.68 Å². The fourth-order valence-corrected chi connectivity index (χ4v) is 5.90. The second-order valence-corrected chi connectivity index (χ2v) is 11.0. The third-order valence-corrected chi connectivity index (χ3v) is 8.20. The Kier molecular flexibility index (Phi) is 6.81. The molecule has 4 aromatic rings. The van der Waals surface area contributed by atoms with Crippen LogP contribution in [0.1, 0.15) is 40.2 Å². The molecule has 0 bridgehead atoms. The van der Waals surface area contributed by atoms with E-state index in [-0.39, 0.29) is 5.91 Å². The topological polar surface area (TPSA) is 50.6 Å². The van der Waals surface area contributed by atoms with E-state index < -0.39 is 0 Å². The Hall–Kier alpha value is -3.42. The summed E-state index contributed by atoms with van der Waals surface area (Å²) in [7, 11) is 1.70. The van der Waals surface area contributed by atoms with Gasteiger partial charge in [0.05, 0.1) is 37.2 Å². The van der Waals surface area contributed by atoms with Gasteiger partial charge >= 0.3 is 0 Å². The lowest BCUT2D eigenvalue weighted by atomic mass is 10.0. The number of rotatable bonds is 9. The van der Waals surface area contributed by atoms with E-state index in [0.717, 1.165) is 60.9 Å². The first-order valence-electron chi connectivity index (χ1n) is 13.0. The average Bonchev–Trinajstić information content (AvgIpc) is 3.52. The quantitative estimate of drug-likeness (QED) is 0.308. The summed E-state index contributed by atoms with van der Waals surface area (Å²) in [6, 6.07) is 23.1. The van der Waals surface area contributed by atoms with Crippen LogP contribution >= 0.6 is 11.3 Å². The molecule has 2 aromatic carbocycles. The van der Waals surface area contributed by atoms with E-state index in [1.54, 1.807) is 18.4 Å². The van der Waals surface area contributed by atoms with Crippen LogP contribution in [0.25, 0.3) is 5.69 Å². The number of hydrogen-bond acceptors (Lipinski definition) is 5. The monoisotopic (exact) mass is 512 g/mol. The normalized spacial score (nSPS) is 15.4. The molecule has 0 spiro atoms. The van der Waals surface area contributed by atoms with Crippen molar-refractivity contribution >= 4 is 17.2 Å². The van der Waals surface area contributed by atoms with Crippen LogP contribution in [0, 0.1) is 0 Å². The Labute approximate surface area is 222 Å². The predicted molar refractivity (Wildman–Crippen MR) is 146 cm³/mol. The third-order valence-electron chi connectivity index (χ3n) is 7.32. The van der Waals surface area contributed by atoms with Gasteiger partial charge in [-0.05, 0) is 54.1 Å². The number of benzene rings is 2. The first kappa shape index (κ1) is 23.9. The van der Waals surface area contributed by atoms with Gasteiger partial charge in [0.25, 0.3) is 0 Å². The zero-order chi connectivity index (χ0) is 25.2. The van der Waals surface area contributed by atoms with Gasteiger partial charge < -0.3 is 9.64 Å². The number of ether oxygens (including phenoxy) is 1. The number of thiophene rings is 1. The molecule has 6 nitrogen and oxygen atoms in total. The van der Waals surface area contributed by atoms with Crippen LogP contribution in [-0.2, 0) is 37.3 Å². The zero-order valence-corrected chi connectivity index (χ0v) is 22.0. The molecule has 3 heterocycles. The van der Waals surface area contributed by atoms with Gasteiger partial charge in [-0.2, -0.15) is 5.10 Å². The van der Waals surface area contributed by atoms with Crippen molar-refractivity contribution in [3.8, 4) is 11.4 Å². The summed E-state index contributed by atoms with van der Waals surface area (Å²) >= 11 is 1.65. The lowest BCUT2D eigenvalue weighted by molar-refractivity contribution is -0.131. The molecular weight excluding hydrogens is 480 g/mol. The molecule has 1 aliphatic heterocycles. The minimum Gasteiger partial charge on any atom is -0.497 e. The highest BCUT2D eigenvalue weighted by Gasteiger charge is 2.35. The standard InChI is InChI=1S/C30H32N4O2S/c1-36-25-13-9-22(10-14-25)19-32-16-15-29-27(20-32)28(31-34(29)24-6-3-2-4-7-24)21-33(23-11-12-23)30(35)18-26-8-5-17-37-26/h2-10,13-14,17,23H,11-12,15-16,18-21H2,1H3. The van der Waals surface area contributed by atoms with Crippen LogP contribution < -0.4 is 4.74 Å². The van der Waals surface area contributed by atoms with Gasteiger partial charge in [-0.3, -0.25) is 9.69 Å². The molecule has 190 valence electrons. The van der Waals surface area contributed by atoms with Crippen LogP contribution in [0.3, 0.4) is 0 Å². The lowest BCUT2D eigenvalue weighted by Gasteiger charge is -2.28. The van der Waals surface area contributed by atoms with Crippen LogP contribution in [0.4, 0.5) is 0 Å². The first-order chi connectivity index (χ1) is 18.2. The number of methoxy groups -OCH3 is 1.